The van der Waals surface area contributed by atoms with Crippen LogP contribution in [0.25, 0.3) is 0 Å². The Bertz CT molecular complexity index is 498. The number of nitro benzene ring substituents is 1. The molecule has 1 N–H and O–H groups in total. The summed E-state index contributed by atoms with van der Waals surface area (Å²) in [7, 11) is 1.62. The average Bonchev–Trinajstić information content (AvgIpc) is 2.80. The zero-order valence-electron chi connectivity index (χ0n) is 10.4. The lowest BCUT2D eigenvalue weighted by atomic mass is 10.2. The van der Waals surface area contributed by atoms with Crippen molar-refractivity contribution in [2.24, 2.45) is 0 Å². The average molecular weight is 333 g/mol. The van der Waals surface area contributed by atoms with Crippen LogP contribution in [0.4, 0.5) is 15.8 Å². The van der Waals surface area contributed by atoms with Crippen molar-refractivity contribution in [2.45, 2.75) is 31.4 Å². The number of hydrogen-bond donors (Lipinski definition) is 1. The SMILES string of the molecule is COC1CCCC1Nc1cc(Br)c(F)cc1[N+](=O)[O-]. The Labute approximate surface area is 118 Å². The van der Waals surface area contributed by atoms with E-state index in [1.54, 1.807) is 7.11 Å². The Morgan fingerprint density at radius 3 is 2.89 bits per heavy atom. The highest BCUT2D eigenvalue weighted by molar-refractivity contribution is 9.10. The molecule has 1 aliphatic rings. The number of anilines is 1. The summed E-state index contributed by atoms with van der Waals surface area (Å²) >= 11 is 3.04. The Balaban J connectivity index is 2.28. The lowest BCUT2D eigenvalue weighted by Gasteiger charge is -2.20. The van der Waals surface area contributed by atoms with Crippen LogP contribution in [0.3, 0.4) is 0 Å². The Kier molecular flexibility index (Phi) is 4.36. The van der Waals surface area contributed by atoms with Gasteiger partial charge >= 0.3 is 0 Å². The van der Waals surface area contributed by atoms with Crippen molar-refractivity contribution >= 4 is 27.3 Å². The molecule has 0 radical (unpaired) electrons. The van der Waals surface area contributed by atoms with Crippen molar-refractivity contribution in [2.75, 3.05) is 12.4 Å². The molecule has 0 aliphatic heterocycles. The van der Waals surface area contributed by atoms with Gasteiger partial charge in [0.1, 0.15) is 11.5 Å². The second kappa shape index (κ2) is 5.83. The minimum atomic E-state index is -0.646. The Hall–Kier alpha value is -1.21. The molecule has 2 unspecified atom stereocenters. The van der Waals surface area contributed by atoms with Crippen molar-refractivity contribution in [1.82, 2.24) is 0 Å². The van der Waals surface area contributed by atoms with Crippen molar-refractivity contribution in [3.8, 4) is 0 Å². The molecular formula is C12H14BrFN2O3. The number of nitrogens with one attached hydrogen (secondary N) is 1. The summed E-state index contributed by atoms with van der Waals surface area (Å²) in [5.74, 6) is -0.646. The van der Waals surface area contributed by atoms with E-state index in [2.05, 4.69) is 21.2 Å². The van der Waals surface area contributed by atoms with E-state index in [-0.39, 0.29) is 22.3 Å². The topological polar surface area (TPSA) is 64.4 Å². The molecule has 2 atom stereocenters. The standard InChI is InChI=1S/C12H14BrFN2O3/c1-19-12-4-2-3-9(12)15-10-5-7(13)8(14)6-11(10)16(17)18/h5-6,9,12,15H,2-4H2,1H3. The number of nitrogens with zero attached hydrogens (tertiary/aromatic N) is 1. The smallest absolute Gasteiger partial charge is 0.295 e. The van der Waals surface area contributed by atoms with Crippen LogP contribution in [0.2, 0.25) is 0 Å². The van der Waals surface area contributed by atoms with Crippen LogP contribution in [0, 0.1) is 15.9 Å². The van der Waals surface area contributed by atoms with E-state index in [4.69, 9.17) is 4.74 Å². The maximum Gasteiger partial charge on any atom is 0.295 e. The van der Waals surface area contributed by atoms with Crippen molar-refractivity contribution in [3.05, 3.63) is 32.5 Å². The Morgan fingerprint density at radius 1 is 1.53 bits per heavy atom. The van der Waals surface area contributed by atoms with Crippen molar-refractivity contribution < 1.29 is 14.1 Å². The molecule has 5 nitrogen and oxygen atoms in total. The number of benzene rings is 1. The van der Waals surface area contributed by atoms with Crippen LogP contribution in [0.15, 0.2) is 16.6 Å². The van der Waals surface area contributed by atoms with Gasteiger partial charge < -0.3 is 10.1 Å². The van der Waals surface area contributed by atoms with Gasteiger partial charge in [0.2, 0.25) is 0 Å². The second-order valence-corrected chi connectivity index (χ2v) is 5.35. The number of hydrogen-bond acceptors (Lipinski definition) is 4. The van der Waals surface area contributed by atoms with E-state index in [0.717, 1.165) is 25.3 Å². The van der Waals surface area contributed by atoms with Gasteiger partial charge in [-0.25, -0.2) is 4.39 Å². The summed E-state index contributed by atoms with van der Waals surface area (Å²) in [5, 5.41) is 14.1. The van der Waals surface area contributed by atoms with E-state index in [1.165, 1.54) is 6.07 Å². The summed E-state index contributed by atoms with van der Waals surface area (Å²) in [6.45, 7) is 0. The third-order valence-electron chi connectivity index (χ3n) is 3.33. The molecule has 1 fully saturated rings. The third kappa shape index (κ3) is 3.03. The first-order chi connectivity index (χ1) is 9.02. The highest BCUT2D eigenvalue weighted by Gasteiger charge is 2.29. The zero-order chi connectivity index (χ0) is 14.0. The van der Waals surface area contributed by atoms with Gasteiger partial charge in [-0.05, 0) is 41.3 Å². The van der Waals surface area contributed by atoms with Crippen LogP contribution >= 0.6 is 15.9 Å². The lowest BCUT2D eigenvalue weighted by Crippen LogP contribution is -2.30. The van der Waals surface area contributed by atoms with E-state index in [0.29, 0.717) is 5.69 Å². The second-order valence-electron chi connectivity index (χ2n) is 4.50. The molecule has 1 aromatic rings. The minimum absolute atomic E-state index is 0.0149. The number of nitro groups is 1. The molecule has 7 heteroatoms. The number of halogens is 2. The first kappa shape index (κ1) is 14.2. The Morgan fingerprint density at radius 2 is 2.26 bits per heavy atom. The predicted octanol–water partition coefficient (Wildman–Crippen LogP) is 3.48. The molecule has 1 saturated carbocycles. The molecule has 104 valence electrons. The number of ether oxygens (including phenoxy) is 1. The van der Waals surface area contributed by atoms with Gasteiger partial charge in [-0.1, -0.05) is 0 Å². The van der Waals surface area contributed by atoms with Crippen LogP contribution < -0.4 is 5.32 Å². The fourth-order valence-electron chi connectivity index (χ4n) is 2.38. The number of methoxy groups -OCH3 is 1. The molecule has 0 amide bonds. The molecule has 0 saturated heterocycles. The first-order valence-electron chi connectivity index (χ1n) is 5.95. The summed E-state index contributed by atoms with van der Waals surface area (Å²) in [6, 6.07) is 2.34. The van der Waals surface area contributed by atoms with Crippen LogP contribution in [0.5, 0.6) is 0 Å². The van der Waals surface area contributed by atoms with Gasteiger partial charge in [0.25, 0.3) is 5.69 Å². The summed E-state index contributed by atoms with van der Waals surface area (Å²) < 4.78 is 18.9. The number of rotatable bonds is 4. The quantitative estimate of drug-likeness (QED) is 0.677. The van der Waals surface area contributed by atoms with Crippen LogP contribution in [-0.2, 0) is 4.74 Å². The molecule has 0 aromatic heterocycles. The van der Waals surface area contributed by atoms with Gasteiger partial charge in [-0.2, -0.15) is 0 Å². The zero-order valence-corrected chi connectivity index (χ0v) is 11.9. The molecule has 1 aromatic carbocycles. The van der Waals surface area contributed by atoms with E-state index >= 15 is 0 Å². The molecular weight excluding hydrogens is 319 g/mol. The van der Waals surface area contributed by atoms with Gasteiger partial charge in [-0.3, -0.25) is 10.1 Å². The molecule has 19 heavy (non-hydrogen) atoms. The maximum absolute atomic E-state index is 13.4. The van der Waals surface area contributed by atoms with E-state index < -0.39 is 10.7 Å². The van der Waals surface area contributed by atoms with Crippen LogP contribution in [0.1, 0.15) is 19.3 Å². The van der Waals surface area contributed by atoms with Gasteiger partial charge in [0.15, 0.2) is 0 Å². The maximum atomic E-state index is 13.4. The van der Waals surface area contributed by atoms with Gasteiger partial charge in [-0.15, -0.1) is 0 Å². The molecule has 2 rings (SSSR count). The first-order valence-corrected chi connectivity index (χ1v) is 6.75. The molecule has 1 aliphatic carbocycles. The molecule has 0 heterocycles. The van der Waals surface area contributed by atoms with Gasteiger partial charge in [0.05, 0.1) is 27.6 Å². The fraction of sp³-hybridized carbons (Fsp3) is 0.500. The fourth-order valence-corrected chi connectivity index (χ4v) is 2.72. The third-order valence-corrected chi connectivity index (χ3v) is 3.94. The monoisotopic (exact) mass is 332 g/mol. The van der Waals surface area contributed by atoms with Crippen molar-refractivity contribution in [3.63, 3.8) is 0 Å². The normalized spacial score (nSPS) is 22.5. The van der Waals surface area contributed by atoms with E-state index in [9.17, 15) is 14.5 Å². The largest absolute Gasteiger partial charge is 0.379 e. The van der Waals surface area contributed by atoms with E-state index in [1.807, 2.05) is 0 Å². The highest BCUT2D eigenvalue weighted by atomic mass is 79.9. The summed E-state index contributed by atoms with van der Waals surface area (Å²) in [4.78, 5) is 10.4. The molecule has 0 bridgehead atoms. The predicted molar refractivity (Wildman–Crippen MR) is 72.8 cm³/mol. The van der Waals surface area contributed by atoms with Gasteiger partial charge in [0, 0.05) is 7.11 Å². The molecule has 0 spiro atoms. The minimum Gasteiger partial charge on any atom is -0.379 e. The van der Waals surface area contributed by atoms with Crippen LogP contribution in [-0.4, -0.2) is 24.2 Å². The summed E-state index contributed by atoms with van der Waals surface area (Å²) in [6.07, 6.45) is 2.84. The summed E-state index contributed by atoms with van der Waals surface area (Å²) in [5.41, 5.74) is 0.0506. The highest BCUT2D eigenvalue weighted by Crippen LogP contribution is 2.33. The lowest BCUT2D eigenvalue weighted by molar-refractivity contribution is -0.384. The van der Waals surface area contributed by atoms with Crippen molar-refractivity contribution in [1.29, 1.82) is 0 Å².